The lowest BCUT2D eigenvalue weighted by Gasteiger charge is -2.05. The summed E-state index contributed by atoms with van der Waals surface area (Å²) in [5, 5.41) is 0. The summed E-state index contributed by atoms with van der Waals surface area (Å²) in [5.41, 5.74) is 0. The average molecular weight is 204 g/mol. The molecule has 0 aliphatic rings. The van der Waals surface area contributed by atoms with Crippen LogP contribution in [0.2, 0.25) is 0 Å². The van der Waals surface area contributed by atoms with Crippen molar-refractivity contribution >= 4 is 0 Å². The smallest absolute Gasteiger partial charge is 0.322 e. The number of aromatic nitrogens is 2. The topological polar surface area (TPSA) is 44.2 Å². The third-order valence-corrected chi connectivity index (χ3v) is 1.31. The van der Waals surface area contributed by atoms with E-state index >= 15 is 0 Å². The molecule has 14 heavy (non-hydrogen) atoms. The molecule has 0 aliphatic heterocycles. The monoisotopic (exact) mass is 204 g/mol. The molecule has 0 saturated heterocycles. The van der Waals surface area contributed by atoms with Crippen molar-refractivity contribution in [2.24, 2.45) is 0 Å². The third kappa shape index (κ3) is 2.27. The Kier molecular flexibility index (Phi) is 3.55. The predicted octanol–water partition coefficient (Wildman–Crippen LogP) is 1.55. The van der Waals surface area contributed by atoms with Crippen molar-refractivity contribution in [2.45, 2.75) is 13.8 Å². The van der Waals surface area contributed by atoms with E-state index in [-0.39, 0.29) is 19.2 Å². The van der Waals surface area contributed by atoms with E-state index in [9.17, 15) is 8.78 Å². The van der Waals surface area contributed by atoms with Gasteiger partial charge in [0.05, 0.1) is 13.2 Å². The molecule has 1 heterocycles. The molecule has 0 aromatic carbocycles. The first kappa shape index (κ1) is 10.6. The summed E-state index contributed by atoms with van der Waals surface area (Å²) in [6.07, 6.45) is 0. The molecule has 78 valence electrons. The van der Waals surface area contributed by atoms with E-state index in [1.807, 2.05) is 0 Å². The van der Waals surface area contributed by atoms with E-state index in [4.69, 9.17) is 9.47 Å². The maximum absolute atomic E-state index is 12.9. The van der Waals surface area contributed by atoms with E-state index in [0.29, 0.717) is 0 Å². The number of hydrogen-bond acceptors (Lipinski definition) is 4. The molecule has 0 atom stereocenters. The van der Waals surface area contributed by atoms with Crippen molar-refractivity contribution in [3.05, 3.63) is 11.8 Å². The maximum atomic E-state index is 12.9. The van der Waals surface area contributed by atoms with Gasteiger partial charge in [-0.05, 0) is 13.8 Å². The van der Waals surface area contributed by atoms with Gasteiger partial charge in [-0.2, -0.15) is 18.7 Å². The van der Waals surface area contributed by atoms with Crippen LogP contribution >= 0.6 is 0 Å². The first-order valence-electron chi connectivity index (χ1n) is 4.17. The van der Waals surface area contributed by atoms with Gasteiger partial charge < -0.3 is 9.47 Å². The van der Waals surface area contributed by atoms with Crippen molar-refractivity contribution in [2.75, 3.05) is 13.2 Å². The number of halogens is 2. The molecule has 0 saturated carbocycles. The van der Waals surface area contributed by atoms with Gasteiger partial charge in [-0.25, -0.2) is 0 Å². The lowest BCUT2D eigenvalue weighted by molar-refractivity contribution is 0.263. The minimum Gasteiger partial charge on any atom is -0.476 e. The van der Waals surface area contributed by atoms with E-state index in [1.54, 1.807) is 13.8 Å². The molecule has 0 radical (unpaired) electrons. The van der Waals surface area contributed by atoms with Crippen LogP contribution in [0.15, 0.2) is 0 Å². The number of rotatable bonds is 4. The highest BCUT2D eigenvalue weighted by Gasteiger charge is 2.15. The van der Waals surface area contributed by atoms with Gasteiger partial charge in [-0.15, -0.1) is 0 Å². The van der Waals surface area contributed by atoms with Gasteiger partial charge in [-0.3, -0.25) is 0 Å². The molecule has 0 fully saturated rings. The molecule has 4 nitrogen and oxygen atoms in total. The molecule has 0 amide bonds. The summed E-state index contributed by atoms with van der Waals surface area (Å²) < 4.78 is 35.3. The van der Waals surface area contributed by atoms with Crippen molar-refractivity contribution in [1.82, 2.24) is 9.97 Å². The molecule has 0 N–H and O–H groups in total. The molecule has 1 aromatic heterocycles. The predicted molar refractivity (Wildman–Crippen MR) is 44.3 cm³/mol. The standard InChI is InChI=1S/C8H10F2N2O2/c1-3-13-7-5(9)6(10)11-8(12-7)14-4-2/h3-4H2,1-2H3. The van der Waals surface area contributed by atoms with Gasteiger partial charge in [0.2, 0.25) is 5.82 Å². The van der Waals surface area contributed by atoms with Crippen LogP contribution in [0.3, 0.4) is 0 Å². The van der Waals surface area contributed by atoms with Gasteiger partial charge in [0.1, 0.15) is 0 Å². The van der Waals surface area contributed by atoms with E-state index in [2.05, 4.69) is 9.97 Å². The maximum Gasteiger partial charge on any atom is 0.322 e. The highest BCUT2D eigenvalue weighted by molar-refractivity contribution is 5.15. The van der Waals surface area contributed by atoms with Gasteiger partial charge in [0.25, 0.3) is 11.8 Å². The molecule has 0 spiro atoms. The van der Waals surface area contributed by atoms with Crippen LogP contribution in [0, 0.1) is 11.8 Å². The third-order valence-electron chi connectivity index (χ3n) is 1.31. The molecule has 0 aliphatic carbocycles. The number of ether oxygens (including phenoxy) is 2. The molecule has 0 bridgehead atoms. The van der Waals surface area contributed by atoms with Gasteiger partial charge >= 0.3 is 6.01 Å². The van der Waals surface area contributed by atoms with Crippen molar-refractivity contribution in [3.63, 3.8) is 0 Å². The zero-order valence-electron chi connectivity index (χ0n) is 7.88. The fourth-order valence-electron chi connectivity index (χ4n) is 0.808. The molecule has 1 rings (SSSR count). The first-order valence-corrected chi connectivity index (χ1v) is 4.17. The Balaban J connectivity index is 3.01. The first-order chi connectivity index (χ1) is 6.69. The number of nitrogens with zero attached hydrogens (tertiary/aromatic N) is 2. The zero-order chi connectivity index (χ0) is 10.6. The average Bonchev–Trinajstić information content (AvgIpc) is 2.14. The minimum atomic E-state index is -1.27. The van der Waals surface area contributed by atoms with Crippen LogP contribution in [-0.2, 0) is 0 Å². The van der Waals surface area contributed by atoms with Crippen molar-refractivity contribution in [1.29, 1.82) is 0 Å². The summed E-state index contributed by atoms with van der Waals surface area (Å²) in [6.45, 7) is 3.79. The van der Waals surface area contributed by atoms with Crippen molar-refractivity contribution < 1.29 is 18.3 Å². The molecular formula is C8H10F2N2O2. The fraction of sp³-hybridized carbons (Fsp3) is 0.500. The Hall–Kier alpha value is -1.46. The normalized spacial score (nSPS) is 10.0. The second kappa shape index (κ2) is 4.69. The fourth-order valence-corrected chi connectivity index (χ4v) is 0.808. The Bertz CT molecular complexity index is 320. The van der Waals surface area contributed by atoms with Crippen molar-refractivity contribution in [3.8, 4) is 11.9 Å². The summed E-state index contributed by atoms with van der Waals surface area (Å²) in [7, 11) is 0. The summed E-state index contributed by atoms with van der Waals surface area (Å²) in [6, 6.07) is -0.227. The molecule has 6 heteroatoms. The second-order valence-electron chi connectivity index (χ2n) is 2.28. The van der Waals surface area contributed by atoms with E-state index < -0.39 is 17.6 Å². The molecule has 1 aromatic rings. The SMILES string of the molecule is CCOc1nc(F)c(F)c(OCC)n1. The van der Waals surface area contributed by atoms with Gasteiger partial charge in [0.15, 0.2) is 0 Å². The quantitative estimate of drug-likeness (QED) is 0.698. The zero-order valence-corrected chi connectivity index (χ0v) is 7.88. The van der Waals surface area contributed by atoms with Crippen LogP contribution in [0.4, 0.5) is 8.78 Å². The Morgan fingerprint density at radius 1 is 1.07 bits per heavy atom. The highest BCUT2D eigenvalue weighted by Crippen LogP contribution is 2.18. The summed E-state index contributed by atoms with van der Waals surface area (Å²) in [4.78, 5) is 6.69. The van der Waals surface area contributed by atoms with Crippen LogP contribution in [0.5, 0.6) is 11.9 Å². The summed E-state index contributed by atoms with van der Waals surface area (Å²) >= 11 is 0. The Morgan fingerprint density at radius 3 is 2.29 bits per heavy atom. The van der Waals surface area contributed by atoms with Crippen LogP contribution in [-0.4, -0.2) is 23.2 Å². The van der Waals surface area contributed by atoms with Gasteiger partial charge in [-0.1, -0.05) is 0 Å². The number of hydrogen-bond donors (Lipinski definition) is 0. The molecular weight excluding hydrogens is 194 g/mol. The van der Waals surface area contributed by atoms with Crippen LogP contribution in [0.1, 0.15) is 13.8 Å². The lowest BCUT2D eigenvalue weighted by Crippen LogP contribution is -2.06. The van der Waals surface area contributed by atoms with Crippen LogP contribution in [0.25, 0.3) is 0 Å². The van der Waals surface area contributed by atoms with E-state index in [1.165, 1.54) is 0 Å². The Morgan fingerprint density at radius 2 is 1.71 bits per heavy atom. The summed E-state index contributed by atoms with van der Waals surface area (Å²) in [5.74, 6) is -2.90. The minimum absolute atomic E-state index is 0.193. The second-order valence-corrected chi connectivity index (χ2v) is 2.28. The molecule has 0 unspecified atom stereocenters. The lowest BCUT2D eigenvalue weighted by atomic mass is 10.6. The van der Waals surface area contributed by atoms with Crippen LogP contribution < -0.4 is 9.47 Å². The largest absolute Gasteiger partial charge is 0.476 e. The highest BCUT2D eigenvalue weighted by atomic mass is 19.2. The Labute approximate surface area is 79.9 Å². The van der Waals surface area contributed by atoms with E-state index in [0.717, 1.165) is 0 Å². The van der Waals surface area contributed by atoms with Gasteiger partial charge in [0, 0.05) is 0 Å².